The van der Waals surface area contributed by atoms with Gasteiger partial charge in [0.05, 0.1) is 6.20 Å². The third kappa shape index (κ3) is 3.14. The summed E-state index contributed by atoms with van der Waals surface area (Å²) in [6, 6.07) is 1.13. The highest BCUT2D eigenvalue weighted by atomic mass is 15.3. The summed E-state index contributed by atoms with van der Waals surface area (Å²) in [5.41, 5.74) is 1.30. The fourth-order valence-electron chi connectivity index (χ4n) is 2.87. The summed E-state index contributed by atoms with van der Waals surface area (Å²) in [6.07, 6.45) is 8.24. The summed E-state index contributed by atoms with van der Waals surface area (Å²) in [5.74, 6) is 1.65. The Kier molecular flexibility index (Phi) is 4.44. The highest BCUT2D eigenvalue weighted by molar-refractivity contribution is 5.04. The molecule has 2 rings (SSSR count). The van der Waals surface area contributed by atoms with Crippen LogP contribution in [0.25, 0.3) is 0 Å². The molecule has 0 saturated heterocycles. The first-order chi connectivity index (χ1) is 8.58. The van der Waals surface area contributed by atoms with E-state index in [4.69, 9.17) is 0 Å². The lowest BCUT2D eigenvalue weighted by molar-refractivity contribution is 0.206. The third-order valence-corrected chi connectivity index (χ3v) is 4.46. The minimum atomic E-state index is 0.451. The SMILES string of the molecule is CC1CCCC(NCc2cnn(C(C)C)c2)C1C. The largest absolute Gasteiger partial charge is 0.310 e. The van der Waals surface area contributed by atoms with E-state index in [1.165, 1.54) is 24.8 Å². The maximum Gasteiger partial charge on any atom is 0.0534 e. The van der Waals surface area contributed by atoms with Crippen LogP contribution in [0, 0.1) is 11.8 Å². The molecule has 1 aromatic rings. The minimum Gasteiger partial charge on any atom is -0.310 e. The molecule has 1 heterocycles. The molecule has 0 spiro atoms. The second-order valence-electron chi connectivity index (χ2n) is 6.18. The van der Waals surface area contributed by atoms with Gasteiger partial charge in [-0.3, -0.25) is 4.68 Å². The highest BCUT2D eigenvalue weighted by Gasteiger charge is 2.26. The minimum absolute atomic E-state index is 0.451. The van der Waals surface area contributed by atoms with Gasteiger partial charge in [0.1, 0.15) is 0 Å². The molecule has 0 amide bonds. The average molecular weight is 249 g/mol. The van der Waals surface area contributed by atoms with E-state index in [9.17, 15) is 0 Å². The average Bonchev–Trinajstić information content (AvgIpc) is 2.80. The van der Waals surface area contributed by atoms with Gasteiger partial charge < -0.3 is 5.32 Å². The molecular weight excluding hydrogens is 222 g/mol. The number of hydrogen-bond acceptors (Lipinski definition) is 2. The molecular formula is C15H27N3. The summed E-state index contributed by atoms with van der Waals surface area (Å²) < 4.78 is 2.03. The van der Waals surface area contributed by atoms with Crippen molar-refractivity contribution in [3.05, 3.63) is 18.0 Å². The number of rotatable bonds is 4. The van der Waals surface area contributed by atoms with E-state index in [0.29, 0.717) is 12.1 Å². The maximum atomic E-state index is 4.39. The van der Waals surface area contributed by atoms with Gasteiger partial charge in [0.25, 0.3) is 0 Å². The number of aromatic nitrogens is 2. The zero-order valence-electron chi connectivity index (χ0n) is 12.2. The van der Waals surface area contributed by atoms with Crippen molar-refractivity contribution in [1.29, 1.82) is 0 Å². The molecule has 0 bridgehead atoms. The Hall–Kier alpha value is -0.830. The molecule has 0 radical (unpaired) electrons. The molecule has 3 unspecified atom stereocenters. The summed E-state index contributed by atoms with van der Waals surface area (Å²) in [7, 11) is 0. The highest BCUT2D eigenvalue weighted by Crippen LogP contribution is 2.29. The normalized spacial score (nSPS) is 28.8. The summed E-state index contributed by atoms with van der Waals surface area (Å²) >= 11 is 0. The molecule has 0 aromatic carbocycles. The Morgan fingerprint density at radius 2 is 2.17 bits per heavy atom. The van der Waals surface area contributed by atoms with Gasteiger partial charge in [-0.1, -0.05) is 26.7 Å². The maximum absolute atomic E-state index is 4.39. The Bertz CT molecular complexity index is 370. The van der Waals surface area contributed by atoms with Crippen LogP contribution >= 0.6 is 0 Å². The van der Waals surface area contributed by atoms with Gasteiger partial charge in [0.15, 0.2) is 0 Å². The zero-order chi connectivity index (χ0) is 13.1. The first kappa shape index (κ1) is 13.6. The van der Waals surface area contributed by atoms with Gasteiger partial charge in [-0.05, 0) is 32.1 Å². The standard InChI is InChI=1S/C15H27N3/c1-11(2)18-10-14(9-17-18)8-16-15-7-5-6-12(3)13(15)4/h9-13,15-16H,5-8H2,1-4H3. The van der Waals surface area contributed by atoms with E-state index < -0.39 is 0 Å². The van der Waals surface area contributed by atoms with Crippen molar-refractivity contribution in [2.24, 2.45) is 11.8 Å². The van der Waals surface area contributed by atoms with Gasteiger partial charge in [-0.25, -0.2) is 0 Å². The number of nitrogens with one attached hydrogen (secondary N) is 1. The van der Waals surface area contributed by atoms with Crippen LogP contribution in [0.1, 0.15) is 58.6 Å². The smallest absolute Gasteiger partial charge is 0.0534 e. The third-order valence-electron chi connectivity index (χ3n) is 4.46. The van der Waals surface area contributed by atoms with Crippen molar-refractivity contribution < 1.29 is 0 Å². The van der Waals surface area contributed by atoms with Crippen LogP contribution in [-0.2, 0) is 6.54 Å². The summed E-state index contributed by atoms with van der Waals surface area (Å²) in [6.45, 7) is 10.0. The second kappa shape index (κ2) is 5.87. The fourth-order valence-corrected chi connectivity index (χ4v) is 2.87. The van der Waals surface area contributed by atoms with Crippen molar-refractivity contribution in [2.45, 2.75) is 65.6 Å². The Balaban J connectivity index is 1.86. The molecule has 1 N–H and O–H groups in total. The molecule has 1 aliphatic carbocycles. The predicted octanol–water partition coefficient (Wildman–Crippen LogP) is 3.38. The Morgan fingerprint density at radius 1 is 1.39 bits per heavy atom. The van der Waals surface area contributed by atoms with E-state index >= 15 is 0 Å². The summed E-state index contributed by atoms with van der Waals surface area (Å²) in [5, 5.41) is 8.11. The van der Waals surface area contributed by atoms with Crippen molar-refractivity contribution in [3.8, 4) is 0 Å². The molecule has 1 fully saturated rings. The van der Waals surface area contributed by atoms with Crippen molar-refractivity contribution in [1.82, 2.24) is 15.1 Å². The molecule has 18 heavy (non-hydrogen) atoms. The zero-order valence-corrected chi connectivity index (χ0v) is 12.2. The van der Waals surface area contributed by atoms with Gasteiger partial charge in [-0.15, -0.1) is 0 Å². The molecule has 1 aromatic heterocycles. The van der Waals surface area contributed by atoms with Gasteiger partial charge >= 0.3 is 0 Å². The molecule has 3 heteroatoms. The van der Waals surface area contributed by atoms with Gasteiger partial charge in [0.2, 0.25) is 0 Å². The van der Waals surface area contributed by atoms with Crippen LogP contribution in [-0.4, -0.2) is 15.8 Å². The topological polar surface area (TPSA) is 29.9 Å². The van der Waals surface area contributed by atoms with Gasteiger partial charge in [0, 0.05) is 30.4 Å². The molecule has 1 saturated carbocycles. The first-order valence-electron chi connectivity index (χ1n) is 7.34. The van der Waals surface area contributed by atoms with Crippen LogP contribution in [0.5, 0.6) is 0 Å². The lowest BCUT2D eigenvalue weighted by Crippen LogP contribution is -2.40. The first-order valence-corrected chi connectivity index (χ1v) is 7.34. The van der Waals surface area contributed by atoms with E-state index in [1.54, 1.807) is 0 Å². The monoisotopic (exact) mass is 249 g/mol. The van der Waals surface area contributed by atoms with Crippen molar-refractivity contribution in [2.75, 3.05) is 0 Å². The molecule has 1 aliphatic rings. The molecule has 3 nitrogen and oxygen atoms in total. The lowest BCUT2D eigenvalue weighted by atomic mass is 9.78. The lowest BCUT2D eigenvalue weighted by Gasteiger charge is -2.34. The van der Waals surface area contributed by atoms with Crippen LogP contribution in [0.2, 0.25) is 0 Å². The fraction of sp³-hybridized carbons (Fsp3) is 0.800. The van der Waals surface area contributed by atoms with Crippen LogP contribution in [0.4, 0.5) is 0 Å². The Morgan fingerprint density at radius 3 is 2.83 bits per heavy atom. The van der Waals surface area contributed by atoms with E-state index in [-0.39, 0.29) is 0 Å². The van der Waals surface area contributed by atoms with Crippen LogP contribution in [0.15, 0.2) is 12.4 Å². The van der Waals surface area contributed by atoms with E-state index in [1.807, 2.05) is 10.9 Å². The molecule has 0 aliphatic heterocycles. The van der Waals surface area contributed by atoms with Crippen molar-refractivity contribution >= 4 is 0 Å². The molecule has 3 atom stereocenters. The van der Waals surface area contributed by atoms with Crippen molar-refractivity contribution in [3.63, 3.8) is 0 Å². The van der Waals surface area contributed by atoms with Gasteiger partial charge in [-0.2, -0.15) is 5.10 Å². The summed E-state index contributed by atoms with van der Waals surface area (Å²) in [4.78, 5) is 0. The predicted molar refractivity (Wildman–Crippen MR) is 75.4 cm³/mol. The van der Waals surface area contributed by atoms with E-state index in [0.717, 1.165) is 18.4 Å². The number of hydrogen-bond donors (Lipinski definition) is 1. The van der Waals surface area contributed by atoms with Crippen LogP contribution < -0.4 is 5.32 Å². The second-order valence-corrected chi connectivity index (χ2v) is 6.18. The molecule has 102 valence electrons. The van der Waals surface area contributed by atoms with E-state index in [2.05, 4.69) is 44.3 Å². The quantitative estimate of drug-likeness (QED) is 0.886. The van der Waals surface area contributed by atoms with Crippen LogP contribution in [0.3, 0.4) is 0 Å². The number of nitrogens with zero attached hydrogens (tertiary/aromatic N) is 2. The Labute approximate surface area is 111 Å².